The van der Waals surface area contributed by atoms with Crippen LogP contribution in [0.15, 0.2) is 42.5 Å². The molecule has 3 rings (SSSR count). The van der Waals surface area contributed by atoms with Crippen molar-refractivity contribution in [3.63, 3.8) is 0 Å². The van der Waals surface area contributed by atoms with E-state index in [2.05, 4.69) is 70.4 Å². The molecular weight excluding hydrogens is 461 g/mol. The lowest BCUT2D eigenvalue weighted by Gasteiger charge is -2.37. The molecule has 0 atom stereocenters. The van der Waals surface area contributed by atoms with Gasteiger partial charge >= 0.3 is 6.18 Å². The fourth-order valence-electron chi connectivity index (χ4n) is 4.78. The molecule has 1 amide bonds. The number of benzene rings is 2. The first-order valence-electron chi connectivity index (χ1n) is 12.9. The first-order chi connectivity index (χ1) is 16.6. The second-order valence-electron chi connectivity index (χ2n) is 12.3. The fourth-order valence-corrected chi connectivity index (χ4v) is 4.78. The predicted molar refractivity (Wildman–Crippen MR) is 140 cm³/mol. The molecule has 6 heteroatoms. The zero-order valence-corrected chi connectivity index (χ0v) is 22.5. The lowest BCUT2D eigenvalue weighted by molar-refractivity contribution is -0.137. The third kappa shape index (κ3) is 7.12. The van der Waals surface area contributed by atoms with Gasteiger partial charge in [0.2, 0.25) is 5.91 Å². The van der Waals surface area contributed by atoms with Gasteiger partial charge in [0, 0.05) is 13.1 Å². The van der Waals surface area contributed by atoms with Crippen LogP contribution < -0.4 is 10.6 Å². The predicted octanol–water partition coefficient (Wildman–Crippen LogP) is 7.41. The molecule has 1 aliphatic carbocycles. The second-order valence-corrected chi connectivity index (χ2v) is 12.3. The van der Waals surface area contributed by atoms with Crippen LogP contribution in [0.3, 0.4) is 0 Å². The van der Waals surface area contributed by atoms with Crippen LogP contribution in [0.4, 0.5) is 13.2 Å². The van der Waals surface area contributed by atoms with Gasteiger partial charge in [-0.05, 0) is 58.1 Å². The number of hydrogen-bond donors (Lipinski definition) is 2. The van der Waals surface area contributed by atoms with Crippen LogP contribution >= 0.6 is 0 Å². The standard InChI is InChI=1S/C30H41F3N2O/c1-27(2,3)24-16-22(17-25(18-24)28(4,5)6)20-35-29(13-8-7-9-14-29)26(36)34-19-21-11-10-12-23(15-21)30(31,32)33/h10-12,15-18,35H,7-9,13-14,19-20H2,1-6H3,(H,34,36). The highest BCUT2D eigenvalue weighted by Gasteiger charge is 2.39. The van der Waals surface area contributed by atoms with Gasteiger partial charge in [-0.25, -0.2) is 0 Å². The first-order valence-corrected chi connectivity index (χ1v) is 12.9. The molecule has 3 nitrogen and oxygen atoms in total. The number of carbonyl (C=O) groups is 1. The Hall–Kier alpha value is -2.34. The summed E-state index contributed by atoms with van der Waals surface area (Å²) in [6.45, 7) is 13.9. The topological polar surface area (TPSA) is 41.1 Å². The van der Waals surface area contributed by atoms with Gasteiger partial charge in [-0.3, -0.25) is 10.1 Å². The minimum absolute atomic E-state index is 0.000856. The smallest absolute Gasteiger partial charge is 0.350 e. The monoisotopic (exact) mass is 502 g/mol. The van der Waals surface area contributed by atoms with Crippen LogP contribution in [0.2, 0.25) is 0 Å². The number of halogens is 3. The highest BCUT2D eigenvalue weighted by Crippen LogP contribution is 2.33. The minimum Gasteiger partial charge on any atom is -0.350 e. The molecule has 1 aliphatic rings. The minimum atomic E-state index is -4.40. The molecule has 1 fully saturated rings. The maximum Gasteiger partial charge on any atom is 0.416 e. The molecule has 2 N–H and O–H groups in total. The SMILES string of the molecule is CC(C)(C)c1cc(CNC2(C(=O)NCc3cccc(C(F)(F)F)c3)CCCCC2)cc(C(C)(C)C)c1. The molecule has 0 aromatic heterocycles. The molecule has 0 saturated heterocycles. The molecular formula is C30H41F3N2O. The Morgan fingerprint density at radius 3 is 1.86 bits per heavy atom. The summed E-state index contributed by atoms with van der Waals surface area (Å²) < 4.78 is 39.3. The van der Waals surface area contributed by atoms with Crippen molar-refractivity contribution in [3.05, 3.63) is 70.3 Å². The van der Waals surface area contributed by atoms with Crippen LogP contribution in [0.25, 0.3) is 0 Å². The van der Waals surface area contributed by atoms with Crippen LogP contribution in [0.5, 0.6) is 0 Å². The van der Waals surface area contributed by atoms with E-state index in [9.17, 15) is 18.0 Å². The van der Waals surface area contributed by atoms with Gasteiger partial charge in [0.15, 0.2) is 0 Å². The highest BCUT2D eigenvalue weighted by atomic mass is 19.4. The van der Waals surface area contributed by atoms with Crippen molar-refractivity contribution in [2.24, 2.45) is 0 Å². The van der Waals surface area contributed by atoms with Gasteiger partial charge in [-0.2, -0.15) is 13.2 Å². The van der Waals surface area contributed by atoms with E-state index in [0.717, 1.165) is 37.0 Å². The summed E-state index contributed by atoms with van der Waals surface area (Å²) in [5.41, 5.74) is 2.69. The first kappa shape index (κ1) is 28.2. The van der Waals surface area contributed by atoms with Gasteiger partial charge in [0.05, 0.1) is 11.1 Å². The molecule has 0 spiro atoms. The highest BCUT2D eigenvalue weighted by molar-refractivity contribution is 5.86. The fraction of sp³-hybridized carbons (Fsp3) is 0.567. The number of carbonyl (C=O) groups excluding carboxylic acids is 1. The zero-order chi connectivity index (χ0) is 26.8. The summed E-state index contributed by atoms with van der Waals surface area (Å²) in [5.74, 6) is -0.136. The molecule has 0 radical (unpaired) electrons. The molecule has 0 heterocycles. The quantitative estimate of drug-likeness (QED) is 0.432. The van der Waals surface area contributed by atoms with E-state index in [1.807, 2.05) is 0 Å². The van der Waals surface area contributed by atoms with Crippen LogP contribution in [0, 0.1) is 0 Å². The summed E-state index contributed by atoms with van der Waals surface area (Å²) in [7, 11) is 0. The zero-order valence-electron chi connectivity index (χ0n) is 22.5. The molecule has 36 heavy (non-hydrogen) atoms. The van der Waals surface area contributed by atoms with E-state index >= 15 is 0 Å². The molecule has 2 aromatic carbocycles. The number of alkyl halides is 3. The third-order valence-electron chi connectivity index (χ3n) is 7.20. The average Bonchev–Trinajstić information content (AvgIpc) is 2.80. The third-order valence-corrected chi connectivity index (χ3v) is 7.20. The molecule has 0 aliphatic heterocycles. The lowest BCUT2D eigenvalue weighted by atomic mass is 9.79. The maximum atomic E-state index is 13.5. The summed E-state index contributed by atoms with van der Waals surface area (Å²) in [5, 5.41) is 6.52. The largest absolute Gasteiger partial charge is 0.416 e. The average molecular weight is 503 g/mol. The van der Waals surface area contributed by atoms with Crippen molar-refractivity contribution in [2.45, 2.75) is 109 Å². The Morgan fingerprint density at radius 1 is 0.778 bits per heavy atom. The van der Waals surface area contributed by atoms with Crippen molar-refractivity contribution in [1.29, 1.82) is 0 Å². The van der Waals surface area contributed by atoms with Gasteiger partial charge in [0.1, 0.15) is 0 Å². The van der Waals surface area contributed by atoms with Crippen molar-refractivity contribution in [1.82, 2.24) is 10.6 Å². The second kappa shape index (κ2) is 10.6. The number of nitrogens with one attached hydrogen (secondary N) is 2. The Morgan fingerprint density at radius 2 is 1.33 bits per heavy atom. The van der Waals surface area contributed by atoms with Crippen molar-refractivity contribution < 1.29 is 18.0 Å². The van der Waals surface area contributed by atoms with Gasteiger partial charge in [-0.15, -0.1) is 0 Å². The summed E-state index contributed by atoms with van der Waals surface area (Å²) in [4.78, 5) is 13.5. The number of amides is 1. The lowest BCUT2D eigenvalue weighted by Crippen LogP contribution is -2.57. The summed E-state index contributed by atoms with van der Waals surface area (Å²) in [6, 6.07) is 11.9. The van der Waals surface area contributed by atoms with Crippen molar-refractivity contribution >= 4 is 5.91 Å². The number of hydrogen-bond acceptors (Lipinski definition) is 2. The number of rotatable bonds is 6. The summed E-state index contributed by atoms with van der Waals surface area (Å²) >= 11 is 0. The van der Waals surface area contributed by atoms with E-state index in [1.165, 1.54) is 17.2 Å². The van der Waals surface area contributed by atoms with Gasteiger partial charge in [0.25, 0.3) is 0 Å². The van der Waals surface area contributed by atoms with Crippen LogP contribution in [-0.2, 0) is 34.9 Å². The van der Waals surface area contributed by atoms with E-state index in [-0.39, 0.29) is 23.3 Å². The Bertz CT molecular complexity index is 1020. The molecule has 2 aromatic rings. The summed E-state index contributed by atoms with van der Waals surface area (Å²) in [6.07, 6.45) is -0.00475. The van der Waals surface area contributed by atoms with Gasteiger partial charge in [-0.1, -0.05) is 91.1 Å². The molecule has 0 bridgehead atoms. The van der Waals surface area contributed by atoms with E-state index < -0.39 is 17.3 Å². The van der Waals surface area contributed by atoms with E-state index in [0.29, 0.717) is 24.9 Å². The van der Waals surface area contributed by atoms with Gasteiger partial charge < -0.3 is 5.32 Å². The Kier molecular flexibility index (Phi) is 8.29. The molecule has 0 unspecified atom stereocenters. The Labute approximate surface area is 214 Å². The normalized spacial score (nSPS) is 16.6. The van der Waals surface area contributed by atoms with Crippen molar-refractivity contribution in [2.75, 3.05) is 0 Å². The van der Waals surface area contributed by atoms with E-state index in [1.54, 1.807) is 6.07 Å². The molecule has 198 valence electrons. The van der Waals surface area contributed by atoms with E-state index in [4.69, 9.17) is 0 Å². The van der Waals surface area contributed by atoms with Crippen LogP contribution in [-0.4, -0.2) is 11.4 Å². The molecule has 1 saturated carbocycles. The van der Waals surface area contributed by atoms with Crippen LogP contribution in [0.1, 0.15) is 101 Å². The maximum absolute atomic E-state index is 13.5. The van der Waals surface area contributed by atoms with Crippen molar-refractivity contribution in [3.8, 4) is 0 Å². The Balaban J connectivity index is 1.79.